The molecule has 210 valence electrons. The SMILES string of the molecule is CN[C@@H](C)C(=O)N[C@H]1C(=O)N(Cc2c(OC(F)F)ccc3ccccc23)c2ccccc2OC12CCOCC2.[HH].[HH]. The molecule has 8 nitrogen and oxygen atoms in total. The first kappa shape index (κ1) is 26.8. The zero-order valence-electron chi connectivity index (χ0n) is 21.8. The molecule has 10 heteroatoms. The molecule has 0 unspecified atom stereocenters. The van der Waals surface area contributed by atoms with Gasteiger partial charge in [0, 0.05) is 21.3 Å². The van der Waals surface area contributed by atoms with Crippen LogP contribution in [0.4, 0.5) is 14.5 Å². The first-order chi connectivity index (χ1) is 18.8. The molecule has 0 saturated carbocycles. The van der Waals surface area contributed by atoms with Gasteiger partial charge in [-0.3, -0.25) is 9.59 Å². The predicted octanol–water partition coefficient (Wildman–Crippen LogP) is 4.50. The first-order valence-corrected chi connectivity index (χ1v) is 12.9. The molecule has 3 aromatic rings. The summed E-state index contributed by atoms with van der Waals surface area (Å²) >= 11 is 0. The van der Waals surface area contributed by atoms with Gasteiger partial charge in [0.2, 0.25) is 5.91 Å². The van der Waals surface area contributed by atoms with Crippen LogP contribution in [0.15, 0.2) is 60.7 Å². The fraction of sp³-hybridized carbons (Fsp3) is 0.379. The summed E-state index contributed by atoms with van der Waals surface area (Å²) in [5.74, 6) is -0.329. The van der Waals surface area contributed by atoms with E-state index in [4.69, 9.17) is 14.2 Å². The standard InChI is InChI=1S/C29H31F2N3O5.2H2/c1-18(32-2)26(35)33-25-27(36)34(22-9-5-6-10-24(22)39-29(25)13-15-37-16-14-29)17-21-20-8-4-3-7-19(20)11-12-23(21)38-28(30)31;;/h3-12,18,25,28,32H,13-17H2,1-2H3,(H,33,35);2*1H/t18-,25-;;/m0../s1. The van der Waals surface area contributed by atoms with Crippen LogP contribution in [-0.2, 0) is 20.9 Å². The van der Waals surface area contributed by atoms with Crippen molar-refractivity contribution in [1.82, 2.24) is 10.6 Å². The van der Waals surface area contributed by atoms with E-state index in [1.54, 1.807) is 50.4 Å². The molecule has 1 saturated heterocycles. The second-order valence-electron chi connectivity index (χ2n) is 9.77. The topological polar surface area (TPSA) is 89.1 Å². The zero-order valence-corrected chi connectivity index (χ0v) is 21.8. The number of hydrogen-bond acceptors (Lipinski definition) is 6. The Bertz CT molecular complexity index is 1370. The fourth-order valence-electron chi connectivity index (χ4n) is 5.25. The van der Waals surface area contributed by atoms with E-state index in [0.29, 0.717) is 48.4 Å². The summed E-state index contributed by atoms with van der Waals surface area (Å²) in [5, 5.41) is 7.32. The van der Waals surface area contributed by atoms with Crippen LogP contribution in [0.2, 0.25) is 0 Å². The molecule has 0 aromatic heterocycles. The summed E-state index contributed by atoms with van der Waals surface area (Å²) in [5.41, 5.74) is -0.152. The summed E-state index contributed by atoms with van der Waals surface area (Å²) in [7, 11) is 1.66. The van der Waals surface area contributed by atoms with Crippen LogP contribution in [0.25, 0.3) is 10.8 Å². The average Bonchev–Trinajstić information content (AvgIpc) is 3.03. The number of likely N-dealkylation sites (N-methyl/N-ethyl adjacent to an activating group) is 1. The lowest BCUT2D eigenvalue weighted by Gasteiger charge is -2.41. The van der Waals surface area contributed by atoms with Crippen LogP contribution in [-0.4, -0.2) is 56.4 Å². The van der Waals surface area contributed by atoms with Crippen molar-refractivity contribution in [2.45, 2.75) is 50.6 Å². The van der Waals surface area contributed by atoms with Crippen molar-refractivity contribution in [3.8, 4) is 11.5 Å². The number of carbonyl (C=O) groups is 2. The van der Waals surface area contributed by atoms with Gasteiger partial charge in [-0.2, -0.15) is 8.78 Å². The van der Waals surface area contributed by atoms with Gasteiger partial charge in [-0.05, 0) is 42.9 Å². The highest BCUT2D eigenvalue weighted by molar-refractivity contribution is 6.03. The molecule has 2 heterocycles. The summed E-state index contributed by atoms with van der Waals surface area (Å²) in [6, 6.07) is 16.0. The van der Waals surface area contributed by atoms with Gasteiger partial charge >= 0.3 is 6.61 Å². The van der Waals surface area contributed by atoms with E-state index >= 15 is 0 Å². The molecule has 1 spiro atoms. The van der Waals surface area contributed by atoms with Gasteiger partial charge < -0.3 is 29.7 Å². The number of nitrogens with one attached hydrogen (secondary N) is 2. The molecule has 3 aromatic carbocycles. The molecule has 0 radical (unpaired) electrons. The van der Waals surface area contributed by atoms with Crippen molar-refractivity contribution in [3.05, 3.63) is 66.2 Å². The predicted molar refractivity (Wildman–Crippen MR) is 146 cm³/mol. The molecule has 2 N–H and O–H groups in total. The van der Waals surface area contributed by atoms with Crippen LogP contribution in [0.3, 0.4) is 0 Å². The van der Waals surface area contributed by atoms with Gasteiger partial charge in [-0.15, -0.1) is 0 Å². The third-order valence-corrected chi connectivity index (χ3v) is 7.49. The lowest BCUT2D eigenvalue weighted by Crippen LogP contribution is -2.65. The number of nitrogens with zero attached hydrogens (tertiary/aromatic N) is 1. The highest BCUT2D eigenvalue weighted by Gasteiger charge is 2.51. The van der Waals surface area contributed by atoms with Crippen molar-refractivity contribution in [2.75, 3.05) is 25.2 Å². The number of fused-ring (bicyclic) bond motifs is 2. The number of para-hydroxylation sites is 2. The Morgan fingerprint density at radius 2 is 1.85 bits per heavy atom. The maximum absolute atomic E-state index is 14.5. The molecule has 39 heavy (non-hydrogen) atoms. The summed E-state index contributed by atoms with van der Waals surface area (Å²) in [6.45, 7) is -0.702. The van der Waals surface area contributed by atoms with Crippen LogP contribution >= 0.6 is 0 Å². The smallest absolute Gasteiger partial charge is 0.387 e. The summed E-state index contributed by atoms with van der Waals surface area (Å²) in [4.78, 5) is 29.1. The Labute approximate surface area is 228 Å². The highest BCUT2D eigenvalue weighted by atomic mass is 19.3. The maximum Gasteiger partial charge on any atom is 0.387 e. The Morgan fingerprint density at radius 3 is 2.59 bits per heavy atom. The molecule has 2 amide bonds. The molecular formula is C29H35F2N3O5. The van der Waals surface area contributed by atoms with E-state index in [9.17, 15) is 18.4 Å². The highest BCUT2D eigenvalue weighted by Crippen LogP contribution is 2.42. The third-order valence-electron chi connectivity index (χ3n) is 7.49. The largest absolute Gasteiger partial charge is 0.482 e. The fourth-order valence-corrected chi connectivity index (χ4v) is 5.25. The van der Waals surface area contributed by atoms with Crippen molar-refractivity contribution in [1.29, 1.82) is 0 Å². The number of carbonyl (C=O) groups excluding carboxylic acids is 2. The zero-order chi connectivity index (χ0) is 27.6. The maximum atomic E-state index is 14.5. The molecule has 2 aliphatic heterocycles. The number of ether oxygens (including phenoxy) is 3. The van der Waals surface area contributed by atoms with Gasteiger partial charge in [-0.25, -0.2) is 0 Å². The first-order valence-electron chi connectivity index (χ1n) is 12.9. The number of anilines is 1. The van der Waals surface area contributed by atoms with Gasteiger partial charge in [0.15, 0.2) is 0 Å². The van der Waals surface area contributed by atoms with Crippen molar-refractivity contribution in [3.63, 3.8) is 0 Å². The monoisotopic (exact) mass is 543 g/mol. The minimum Gasteiger partial charge on any atom is -0.482 e. The normalized spacial score (nSPS) is 19.4. The average molecular weight is 544 g/mol. The van der Waals surface area contributed by atoms with Crippen LogP contribution < -0.4 is 25.0 Å². The van der Waals surface area contributed by atoms with Gasteiger partial charge in [0.1, 0.15) is 23.1 Å². The third kappa shape index (κ3) is 5.26. The van der Waals surface area contributed by atoms with Gasteiger partial charge in [-0.1, -0.05) is 42.5 Å². The molecule has 0 bridgehead atoms. The minimum absolute atomic E-state index is 0. The second-order valence-corrected chi connectivity index (χ2v) is 9.77. The van der Waals surface area contributed by atoms with Gasteiger partial charge in [0.05, 0.1) is 31.5 Å². The molecule has 2 atom stereocenters. The molecule has 5 rings (SSSR count). The van der Waals surface area contributed by atoms with Crippen LogP contribution in [0.1, 0.15) is 28.2 Å². The van der Waals surface area contributed by atoms with Crippen LogP contribution in [0.5, 0.6) is 11.5 Å². The number of amides is 2. The number of halogens is 2. The molecular weight excluding hydrogens is 508 g/mol. The summed E-state index contributed by atoms with van der Waals surface area (Å²) < 4.78 is 43.9. The van der Waals surface area contributed by atoms with Crippen molar-refractivity contribution < 1.29 is 35.4 Å². The van der Waals surface area contributed by atoms with E-state index in [0.717, 1.165) is 5.39 Å². The van der Waals surface area contributed by atoms with E-state index in [-0.39, 0.29) is 21.1 Å². The Balaban J connectivity index is 0.00000231. The van der Waals surface area contributed by atoms with E-state index in [2.05, 4.69) is 10.6 Å². The quantitative estimate of drug-likeness (QED) is 0.456. The van der Waals surface area contributed by atoms with E-state index in [1.165, 1.54) is 11.0 Å². The number of rotatable bonds is 7. The number of benzene rings is 3. The Morgan fingerprint density at radius 1 is 1.13 bits per heavy atom. The number of hydrogen-bond donors (Lipinski definition) is 2. The van der Waals surface area contributed by atoms with E-state index < -0.39 is 30.2 Å². The second kappa shape index (κ2) is 11.2. The van der Waals surface area contributed by atoms with Crippen molar-refractivity contribution in [2.24, 2.45) is 0 Å². The molecule has 1 fully saturated rings. The Hall–Kier alpha value is -3.76. The lowest BCUT2D eigenvalue weighted by molar-refractivity contribution is -0.138. The molecule has 2 aliphatic rings. The van der Waals surface area contributed by atoms with Crippen LogP contribution in [0, 0.1) is 0 Å². The summed E-state index contributed by atoms with van der Waals surface area (Å²) in [6.07, 6.45) is 0.765. The van der Waals surface area contributed by atoms with E-state index in [1.807, 2.05) is 18.2 Å². The van der Waals surface area contributed by atoms with Crippen molar-refractivity contribution >= 4 is 28.3 Å². The number of alkyl halides is 2. The minimum atomic E-state index is -3.04. The van der Waals surface area contributed by atoms with Gasteiger partial charge in [0.25, 0.3) is 5.91 Å². The lowest BCUT2D eigenvalue weighted by atomic mass is 9.84. The molecule has 0 aliphatic carbocycles. The Kier molecular flexibility index (Phi) is 7.67.